The topological polar surface area (TPSA) is 109 Å². The fourth-order valence-electron chi connectivity index (χ4n) is 2.63. The van der Waals surface area contributed by atoms with Crippen LogP contribution in [0.15, 0.2) is 39.6 Å². The molecule has 12 heteroatoms. The number of fused-ring (bicyclic) bond motifs is 1. The molecule has 0 atom stereocenters. The normalized spacial score (nSPS) is 15.3. The van der Waals surface area contributed by atoms with Crippen molar-refractivity contribution in [2.75, 3.05) is 6.54 Å². The van der Waals surface area contributed by atoms with Crippen molar-refractivity contribution in [3.05, 3.63) is 47.4 Å². The summed E-state index contributed by atoms with van der Waals surface area (Å²) in [6, 6.07) is 5.25. The van der Waals surface area contributed by atoms with Crippen LogP contribution in [0.3, 0.4) is 0 Å². The van der Waals surface area contributed by atoms with Crippen LogP contribution in [-0.4, -0.2) is 36.7 Å². The lowest BCUT2D eigenvalue weighted by Crippen LogP contribution is -2.35. The lowest BCUT2D eigenvalue weighted by atomic mass is 10.1. The maximum absolute atomic E-state index is 12.7. The molecule has 8 nitrogen and oxygen atoms in total. The minimum absolute atomic E-state index is 0.0931. The Morgan fingerprint density at radius 3 is 2.52 bits per heavy atom. The molecule has 0 radical (unpaired) electrons. The Morgan fingerprint density at radius 2 is 1.93 bits per heavy atom. The predicted octanol–water partition coefficient (Wildman–Crippen LogP) is 2.04. The second-order valence-electron chi connectivity index (χ2n) is 5.61. The minimum atomic E-state index is -4.87. The molecule has 0 fully saturated rings. The Morgan fingerprint density at radius 1 is 1.26 bits per heavy atom. The van der Waals surface area contributed by atoms with Crippen molar-refractivity contribution < 1.29 is 40.7 Å². The molecule has 2 aromatic rings. The number of hydroxylamine groups is 1. The number of carbonyl (C=O) groups excluding carboxylic acids is 1. The van der Waals surface area contributed by atoms with Gasteiger partial charge in [0.15, 0.2) is 5.76 Å². The zero-order chi connectivity index (χ0) is 19.8. The van der Waals surface area contributed by atoms with E-state index in [4.69, 9.17) is 9.62 Å². The number of hydrogen-bond donors (Lipinski definition) is 2. The van der Waals surface area contributed by atoms with E-state index in [0.29, 0.717) is 5.56 Å². The highest BCUT2D eigenvalue weighted by atomic mass is 32.2. The first-order chi connectivity index (χ1) is 12.6. The first kappa shape index (κ1) is 19.2. The van der Waals surface area contributed by atoms with Gasteiger partial charge < -0.3 is 9.15 Å². The van der Waals surface area contributed by atoms with Crippen molar-refractivity contribution in [1.29, 1.82) is 0 Å². The molecule has 2 heterocycles. The summed E-state index contributed by atoms with van der Waals surface area (Å²) in [5, 5.41) is 8.63. The average molecular weight is 406 g/mol. The third-order valence-corrected chi connectivity index (χ3v) is 5.73. The molecular weight excluding hydrogens is 393 g/mol. The van der Waals surface area contributed by atoms with Crippen LogP contribution >= 0.6 is 0 Å². The van der Waals surface area contributed by atoms with Crippen LogP contribution in [0, 0.1) is 0 Å². The highest BCUT2D eigenvalue weighted by Crippen LogP contribution is 2.29. The summed E-state index contributed by atoms with van der Waals surface area (Å²) in [4.78, 5) is 11.2. The number of furan rings is 1. The van der Waals surface area contributed by atoms with Gasteiger partial charge >= 0.3 is 12.3 Å². The van der Waals surface area contributed by atoms with Gasteiger partial charge in [-0.1, -0.05) is 0 Å². The minimum Gasteiger partial charge on any atom is -0.454 e. The SMILES string of the molecule is O=C(NO)c1cc2c(o1)CN(S(=O)(=O)c1ccc(OC(F)(F)F)cc1)CC2. The molecule has 0 bridgehead atoms. The van der Waals surface area contributed by atoms with E-state index in [2.05, 4.69) is 4.74 Å². The highest BCUT2D eigenvalue weighted by Gasteiger charge is 2.33. The third kappa shape index (κ3) is 4.07. The molecule has 1 aliphatic rings. The van der Waals surface area contributed by atoms with E-state index in [1.54, 1.807) is 0 Å². The number of amides is 1. The molecule has 0 aliphatic carbocycles. The Labute approximate surface area is 151 Å². The molecule has 1 aliphatic heterocycles. The summed E-state index contributed by atoms with van der Waals surface area (Å²) in [5.74, 6) is -1.30. The molecule has 2 N–H and O–H groups in total. The summed E-state index contributed by atoms with van der Waals surface area (Å²) < 4.78 is 72.0. The van der Waals surface area contributed by atoms with Gasteiger partial charge in [-0.3, -0.25) is 10.0 Å². The van der Waals surface area contributed by atoms with E-state index in [0.717, 1.165) is 28.6 Å². The van der Waals surface area contributed by atoms with Gasteiger partial charge in [0, 0.05) is 6.54 Å². The lowest BCUT2D eigenvalue weighted by molar-refractivity contribution is -0.274. The number of nitrogens with one attached hydrogen (secondary N) is 1. The summed E-state index contributed by atoms with van der Waals surface area (Å²) in [5.41, 5.74) is 2.06. The molecule has 1 aromatic carbocycles. The Kier molecular flexibility index (Phi) is 4.88. The number of benzene rings is 1. The lowest BCUT2D eigenvalue weighted by Gasteiger charge is -2.25. The zero-order valence-electron chi connectivity index (χ0n) is 13.5. The number of carbonyl (C=O) groups is 1. The van der Waals surface area contributed by atoms with Crippen LogP contribution in [0.4, 0.5) is 13.2 Å². The van der Waals surface area contributed by atoms with Gasteiger partial charge in [0.05, 0.1) is 11.4 Å². The predicted molar refractivity (Wildman–Crippen MR) is 82.4 cm³/mol. The van der Waals surface area contributed by atoms with Crippen LogP contribution in [-0.2, 0) is 23.0 Å². The number of ether oxygens (including phenoxy) is 1. The fourth-order valence-corrected chi connectivity index (χ4v) is 4.03. The second kappa shape index (κ2) is 6.87. The van der Waals surface area contributed by atoms with Gasteiger partial charge in [-0.2, -0.15) is 4.31 Å². The van der Waals surface area contributed by atoms with Crippen molar-refractivity contribution in [3.63, 3.8) is 0 Å². The quantitative estimate of drug-likeness (QED) is 0.594. The van der Waals surface area contributed by atoms with E-state index in [-0.39, 0.29) is 35.9 Å². The molecule has 27 heavy (non-hydrogen) atoms. The van der Waals surface area contributed by atoms with Gasteiger partial charge in [0.25, 0.3) is 0 Å². The zero-order valence-corrected chi connectivity index (χ0v) is 14.3. The Hall–Kier alpha value is -2.57. The van der Waals surface area contributed by atoms with Crippen LogP contribution in [0.1, 0.15) is 21.9 Å². The van der Waals surface area contributed by atoms with Crippen molar-refractivity contribution in [2.24, 2.45) is 0 Å². The molecule has 146 valence electrons. The van der Waals surface area contributed by atoms with Crippen molar-refractivity contribution in [3.8, 4) is 5.75 Å². The van der Waals surface area contributed by atoms with E-state index >= 15 is 0 Å². The van der Waals surface area contributed by atoms with E-state index < -0.39 is 28.0 Å². The van der Waals surface area contributed by atoms with Crippen LogP contribution < -0.4 is 10.2 Å². The number of nitrogens with zero attached hydrogens (tertiary/aromatic N) is 1. The van der Waals surface area contributed by atoms with E-state index in [9.17, 15) is 26.4 Å². The Balaban J connectivity index is 1.80. The van der Waals surface area contributed by atoms with Gasteiger partial charge in [0.1, 0.15) is 11.5 Å². The number of alkyl halides is 3. The first-order valence-electron chi connectivity index (χ1n) is 7.52. The fraction of sp³-hybridized carbons (Fsp3) is 0.267. The number of hydrogen-bond acceptors (Lipinski definition) is 6. The Bertz CT molecular complexity index is 953. The number of halogens is 3. The number of rotatable bonds is 4. The van der Waals surface area contributed by atoms with Gasteiger partial charge in [-0.15, -0.1) is 13.2 Å². The molecule has 0 saturated heterocycles. The first-order valence-corrected chi connectivity index (χ1v) is 8.96. The summed E-state index contributed by atoms with van der Waals surface area (Å²) >= 11 is 0. The number of sulfonamides is 1. The molecular formula is C15H13F3N2O6S. The molecule has 1 aromatic heterocycles. The molecule has 0 spiro atoms. The highest BCUT2D eigenvalue weighted by molar-refractivity contribution is 7.89. The van der Waals surface area contributed by atoms with Gasteiger partial charge in [-0.25, -0.2) is 13.9 Å². The van der Waals surface area contributed by atoms with Gasteiger partial charge in [0.2, 0.25) is 10.0 Å². The molecule has 3 rings (SSSR count). The van der Waals surface area contributed by atoms with E-state index in [1.807, 2.05) is 0 Å². The molecule has 0 saturated carbocycles. The molecule has 1 amide bonds. The largest absolute Gasteiger partial charge is 0.573 e. The molecule has 0 unspecified atom stereocenters. The van der Waals surface area contributed by atoms with E-state index in [1.165, 1.54) is 11.5 Å². The monoisotopic (exact) mass is 406 g/mol. The summed E-state index contributed by atoms with van der Waals surface area (Å²) in [6.07, 6.45) is -4.60. The summed E-state index contributed by atoms with van der Waals surface area (Å²) in [7, 11) is -4.00. The van der Waals surface area contributed by atoms with Crippen LogP contribution in [0.5, 0.6) is 5.75 Å². The maximum Gasteiger partial charge on any atom is 0.573 e. The van der Waals surface area contributed by atoms with Crippen molar-refractivity contribution in [1.82, 2.24) is 9.79 Å². The average Bonchev–Trinajstić information content (AvgIpc) is 3.03. The van der Waals surface area contributed by atoms with Crippen molar-refractivity contribution >= 4 is 15.9 Å². The van der Waals surface area contributed by atoms with Gasteiger partial charge in [-0.05, 0) is 42.3 Å². The van der Waals surface area contributed by atoms with Crippen LogP contribution in [0.2, 0.25) is 0 Å². The standard InChI is InChI=1S/C15H13F3N2O6S/c16-15(17,18)26-10-1-3-11(4-2-10)27(23,24)20-6-5-9-7-12(14(21)19-22)25-13(9)8-20/h1-4,7,22H,5-6,8H2,(H,19,21). The third-order valence-electron chi connectivity index (χ3n) is 3.87. The second-order valence-corrected chi connectivity index (χ2v) is 7.55. The van der Waals surface area contributed by atoms with Crippen LogP contribution in [0.25, 0.3) is 0 Å². The maximum atomic E-state index is 12.7. The smallest absolute Gasteiger partial charge is 0.454 e. The summed E-state index contributed by atoms with van der Waals surface area (Å²) in [6.45, 7) is -0.0625. The van der Waals surface area contributed by atoms with Crippen molar-refractivity contribution in [2.45, 2.75) is 24.2 Å².